The van der Waals surface area contributed by atoms with Gasteiger partial charge in [-0.05, 0) is 189 Å². The van der Waals surface area contributed by atoms with E-state index in [1.165, 1.54) is 24.3 Å². The van der Waals surface area contributed by atoms with Gasteiger partial charge in [-0.1, -0.05) is 19.1 Å². The summed E-state index contributed by atoms with van der Waals surface area (Å²) in [5.74, 6) is -0.559. The Morgan fingerprint density at radius 2 is 0.906 bits per heavy atom. The number of fused-ring (bicyclic) bond motifs is 4. The second-order valence-electron chi connectivity index (χ2n) is 28.7. The molecular formula is C63H97F6N7O9. The Balaban J connectivity index is 0.000000265. The number of likely N-dealkylation sites (tertiary alicyclic amines) is 4. The Kier molecular flexibility index (Phi) is 21.4. The molecule has 0 aliphatic carbocycles. The number of hydrogen-bond acceptors (Lipinski definition) is 14. The maximum Gasteiger partial charge on any atom is 0.416 e. The van der Waals surface area contributed by atoms with Crippen molar-refractivity contribution in [1.82, 2.24) is 24.5 Å². The van der Waals surface area contributed by atoms with Gasteiger partial charge in [-0.25, -0.2) is 9.59 Å². The van der Waals surface area contributed by atoms with Crippen LogP contribution in [0.25, 0.3) is 0 Å². The van der Waals surface area contributed by atoms with Crippen molar-refractivity contribution < 1.29 is 69.6 Å². The number of halogens is 6. The van der Waals surface area contributed by atoms with Crippen molar-refractivity contribution in [1.29, 1.82) is 0 Å². The Hall–Kier alpha value is -5.06. The highest BCUT2D eigenvalue weighted by atomic mass is 19.4. The Morgan fingerprint density at radius 3 is 1.26 bits per heavy atom. The molecule has 6 heterocycles. The number of piperidine rings is 2. The van der Waals surface area contributed by atoms with Crippen LogP contribution in [0.2, 0.25) is 0 Å². The van der Waals surface area contributed by atoms with Gasteiger partial charge in [-0.3, -0.25) is 24.3 Å². The largest absolute Gasteiger partial charge is 0.459 e. The third-order valence-corrected chi connectivity index (χ3v) is 17.1. The summed E-state index contributed by atoms with van der Waals surface area (Å²) in [6.45, 7) is 32.0. The molecule has 2 aromatic rings. The molecule has 1 N–H and O–H groups in total. The molecule has 85 heavy (non-hydrogen) atoms. The Bertz CT molecular complexity index is 2630. The number of benzene rings is 2. The van der Waals surface area contributed by atoms with E-state index in [9.17, 15) is 45.5 Å². The molecule has 0 aromatic heterocycles. The number of rotatable bonds is 12. The first-order chi connectivity index (χ1) is 39.1. The van der Waals surface area contributed by atoms with E-state index in [1.54, 1.807) is 21.9 Å². The lowest BCUT2D eigenvalue weighted by Gasteiger charge is -2.45. The molecule has 4 atom stereocenters. The zero-order valence-electron chi connectivity index (χ0n) is 53.3. The predicted octanol–water partition coefficient (Wildman–Crippen LogP) is 11.4. The fourth-order valence-electron chi connectivity index (χ4n) is 12.5. The third-order valence-electron chi connectivity index (χ3n) is 17.1. The molecule has 16 nitrogen and oxygen atoms in total. The van der Waals surface area contributed by atoms with Crippen LogP contribution in [-0.2, 0) is 53.9 Å². The predicted molar refractivity (Wildman–Crippen MR) is 315 cm³/mol. The van der Waals surface area contributed by atoms with E-state index >= 15 is 0 Å². The van der Waals surface area contributed by atoms with Crippen LogP contribution in [0.1, 0.15) is 164 Å². The quantitative estimate of drug-likeness (QED) is 0.122. The van der Waals surface area contributed by atoms with Gasteiger partial charge in [0.1, 0.15) is 22.4 Å². The second-order valence-corrected chi connectivity index (χ2v) is 28.7. The minimum absolute atomic E-state index is 0.0211. The summed E-state index contributed by atoms with van der Waals surface area (Å²) >= 11 is 0. The molecule has 6 aliphatic heterocycles. The fraction of sp³-hybridized carbons (Fsp3) is 0.746. The number of amides is 2. The number of anilines is 2. The maximum absolute atomic E-state index is 13.8. The van der Waals surface area contributed by atoms with Crippen LogP contribution in [0.15, 0.2) is 36.4 Å². The van der Waals surface area contributed by atoms with Gasteiger partial charge >= 0.3 is 36.5 Å². The lowest BCUT2D eigenvalue weighted by Crippen LogP contribution is -2.53. The minimum atomic E-state index is -4.44. The van der Waals surface area contributed by atoms with Crippen molar-refractivity contribution in [3.8, 4) is 0 Å². The van der Waals surface area contributed by atoms with Gasteiger partial charge < -0.3 is 43.7 Å². The van der Waals surface area contributed by atoms with Crippen molar-refractivity contribution >= 4 is 35.5 Å². The normalized spacial score (nSPS) is 22.6. The summed E-state index contributed by atoms with van der Waals surface area (Å²) < 4.78 is 105. The monoisotopic (exact) mass is 1210 g/mol. The van der Waals surface area contributed by atoms with Gasteiger partial charge in [0, 0.05) is 107 Å². The highest BCUT2D eigenvalue weighted by Gasteiger charge is 2.48. The molecule has 0 saturated carbocycles. The molecule has 22 heteroatoms. The molecule has 2 amide bonds. The first-order valence-corrected chi connectivity index (χ1v) is 30.0. The molecule has 4 unspecified atom stereocenters. The van der Waals surface area contributed by atoms with E-state index in [0.29, 0.717) is 76.7 Å². The van der Waals surface area contributed by atoms with E-state index in [1.807, 2.05) is 90.1 Å². The lowest BCUT2D eigenvalue weighted by atomic mass is 9.76. The summed E-state index contributed by atoms with van der Waals surface area (Å²) in [4.78, 5) is 64.0. The molecule has 6 saturated heterocycles. The molecule has 4 bridgehead atoms. The molecule has 0 radical (unpaired) electrons. The van der Waals surface area contributed by atoms with Crippen LogP contribution >= 0.6 is 0 Å². The van der Waals surface area contributed by atoms with E-state index in [0.717, 1.165) is 63.2 Å². The van der Waals surface area contributed by atoms with Gasteiger partial charge in [0.05, 0.1) is 24.2 Å². The van der Waals surface area contributed by atoms with E-state index in [2.05, 4.69) is 38.3 Å². The van der Waals surface area contributed by atoms with E-state index in [-0.39, 0.29) is 72.3 Å². The summed E-state index contributed by atoms with van der Waals surface area (Å²) in [7, 11) is 3.00. The van der Waals surface area contributed by atoms with Gasteiger partial charge in [-0.2, -0.15) is 26.3 Å². The van der Waals surface area contributed by atoms with Gasteiger partial charge in [-0.15, -0.1) is 0 Å². The van der Waals surface area contributed by atoms with Crippen LogP contribution in [0.3, 0.4) is 0 Å². The number of ether oxygens (including phenoxy) is 4. The van der Waals surface area contributed by atoms with E-state index in [4.69, 9.17) is 24.1 Å². The number of esters is 2. The van der Waals surface area contributed by atoms with Crippen LogP contribution in [0.5, 0.6) is 0 Å². The molecular weight excluding hydrogens is 1110 g/mol. The number of nitrogens with zero attached hydrogens (tertiary/aromatic N) is 7. The number of carbonyl (C=O) groups excluding carboxylic acids is 4. The van der Waals surface area contributed by atoms with Crippen molar-refractivity contribution in [2.75, 3.05) is 89.4 Å². The summed E-state index contributed by atoms with van der Waals surface area (Å²) in [5, 5.41) is 7.00. The van der Waals surface area contributed by atoms with Crippen molar-refractivity contribution in [2.45, 2.75) is 219 Å². The van der Waals surface area contributed by atoms with Crippen molar-refractivity contribution in [2.24, 2.45) is 5.41 Å². The standard InChI is InChI=1S/C31H47F3N4O4.C31H46F3N3O4.CH4O/c1-28(2,3)41-26(39)20-37-18-24-16-23(37)19-38(24)25-15-22(31(32,33)34)10-9-21(25)17-35(8)30(7)11-13-36(14-12-30)27(40)42-29(4,5)6;1-28(2,3)40-26(38)20-36-18-24-17-23(36)19-37(24)25-16-22(31(32,33)34)9-8-21(25)10-11-30(7)12-14-35(15-13-30)27(39)41-29(4,5)6;1-2/h9-10,15,23-24H,11-14,16-20H2,1-8H3;8-9,16,23-24H,10-15,17-20H2,1-7H3;2H,1H3. The van der Waals surface area contributed by atoms with Crippen LogP contribution in [-0.4, -0.2) is 185 Å². The molecule has 0 spiro atoms. The van der Waals surface area contributed by atoms with Crippen molar-refractivity contribution in [3.63, 3.8) is 0 Å². The average Bonchev–Trinajstić information content (AvgIpc) is 1.82. The van der Waals surface area contributed by atoms with Crippen LogP contribution in [0.4, 0.5) is 47.3 Å². The first-order valence-electron chi connectivity index (χ1n) is 30.0. The topological polar surface area (TPSA) is 148 Å². The molecule has 480 valence electrons. The van der Waals surface area contributed by atoms with Crippen molar-refractivity contribution in [3.05, 3.63) is 58.7 Å². The van der Waals surface area contributed by atoms with Crippen LogP contribution in [0, 0.1) is 5.41 Å². The Labute approximate surface area is 500 Å². The maximum atomic E-state index is 13.8. The smallest absolute Gasteiger partial charge is 0.416 e. The minimum Gasteiger partial charge on any atom is -0.459 e. The SMILES string of the molecule is CC1(CCc2ccc(C(F)(F)F)cc2N2CC3CC2CN3CC(=O)OC(C)(C)C)CCN(C(=O)OC(C)(C)C)CC1.CN(Cc1ccc(C(F)(F)F)cc1N1CC2CC1CN2CC(=O)OC(C)(C)C)C1(C)CCN(C(=O)OC(C)(C)C)CC1.CO. The Morgan fingerprint density at radius 1 is 0.541 bits per heavy atom. The summed E-state index contributed by atoms with van der Waals surface area (Å²) in [5.41, 5.74) is -0.757. The fourth-order valence-corrected chi connectivity index (χ4v) is 12.5. The highest BCUT2D eigenvalue weighted by molar-refractivity contribution is 5.73. The van der Waals surface area contributed by atoms with Crippen LogP contribution < -0.4 is 9.80 Å². The first kappa shape index (κ1) is 69.0. The zero-order chi connectivity index (χ0) is 63.6. The molecule has 8 rings (SSSR count). The zero-order valence-corrected chi connectivity index (χ0v) is 53.3. The molecule has 6 fully saturated rings. The molecule has 2 aromatic carbocycles. The number of aryl methyl sites for hydroxylation is 1. The second kappa shape index (κ2) is 26.3. The number of alkyl halides is 6. The van der Waals surface area contributed by atoms with Gasteiger partial charge in [0.2, 0.25) is 0 Å². The lowest BCUT2D eigenvalue weighted by molar-refractivity contribution is -0.157. The number of piperazine rings is 2. The van der Waals surface area contributed by atoms with E-state index < -0.39 is 45.9 Å². The number of carbonyl (C=O) groups is 4. The summed E-state index contributed by atoms with van der Waals surface area (Å²) in [6, 6.07) is 8.47. The van der Waals surface area contributed by atoms with Gasteiger partial charge in [0.25, 0.3) is 0 Å². The molecule has 6 aliphatic rings. The highest BCUT2D eigenvalue weighted by Crippen LogP contribution is 2.44. The summed E-state index contributed by atoms with van der Waals surface area (Å²) in [6.07, 6.45) is -3.30. The number of aliphatic hydroxyl groups excluding tert-OH is 1. The van der Waals surface area contributed by atoms with Gasteiger partial charge in [0.15, 0.2) is 0 Å². The average molecular weight is 1210 g/mol. The third kappa shape index (κ3) is 19.0. The number of aliphatic hydroxyl groups is 1. The number of hydrogen-bond donors (Lipinski definition) is 1.